The summed E-state index contributed by atoms with van der Waals surface area (Å²) in [6.45, 7) is 0.849. The standard InChI is InChI=1S/C4H8N2OS/c5-4-6-1-3(2-7)8-4/h3,7H,1-2H2,(H2,5,6)/i8+3. The molecule has 4 heteroatoms. The fourth-order valence-corrected chi connectivity index (χ4v) is 1.25. The molecule has 1 aliphatic rings. The second kappa shape index (κ2) is 2.37. The lowest BCUT2D eigenvalue weighted by atomic mass is 10.5. The average Bonchev–Trinajstić information content (AvgIpc) is 2.14. The van der Waals surface area contributed by atoms with Crippen LogP contribution in [0.3, 0.4) is 0 Å². The highest BCUT2D eigenvalue weighted by Crippen LogP contribution is 2.16. The molecule has 3 N–H and O–H groups in total. The summed E-state index contributed by atoms with van der Waals surface area (Å²) in [5.41, 5.74) is 5.30. The molecule has 0 aromatic rings. The van der Waals surface area contributed by atoms with Crippen molar-refractivity contribution in [2.24, 2.45) is 10.7 Å². The summed E-state index contributed by atoms with van der Waals surface area (Å²) in [7, 11) is 0. The molecule has 0 aliphatic carbocycles. The smallest absolute Gasteiger partial charge is 0.154 e. The summed E-state index contributed by atoms with van der Waals surface area (Å²) in [4.78, 5) is 3.89. The van der Waals surface area contributed by atoms with Gasteiger partial charge in [0.05, 0.1) is 18.4 Å². The maximum Gasteiger partial charge on any atom is 0.154 e. The normalized spacial score (nSPS) is 28.1. The molecule has 0 spiro atoms. The third kappa shape index (κ3) is 1.14. The minimum Gasteiger partial charge on any atom is -0.395 e. The van der Waals surface area contributed by atoms with Gasteiger partial charge < -0.3 is 10.8 Å². The van der Waals surface area contributed by atoms with Gasteiger partial charge in [0, 0.05) is 0 Å². The predicted molar refractivity (Wildman–Crippen MR) is 35.0 cm³/mol. The van der Waals surface area contributed by atoms with Crippen molar-refractivity contribution in [1.82, 2.24) is 0 Å². The van der Waals surface area contributed by atoms with Crippen molar-refractivity contribution in [3.8, 4) is 0 Å². The second-order valence-corrected chi connectivity index (χ2v) is 2.92. The number of hydrogen-bond acceptors (Lipinski definition) is 4. The van der Waals surface area contributed by atoms with Crippen LogP contribution < -0.4 is 5.73 Å². The molecule has 1 unspecified atom stereocenters. The number of aliphatic hydroxyl groups is 1. The average molecular weight is 135 g/mol. The fourth-order valence-electron chi connectivity index (χ4n) is 0.532. The van der Waals surface area contributed by atoms with Gasteiger partial charge >= 0.3 is 0 Å². The van der Waals surface area contributed by atoms with Gasteiger partial charge in [-0.15, -0.1) is 0 Å². The molecular formula is C4H8N2OS. The first-order chi connectivity index (χ1) is 3.83. The van der Waals surface area contributed by atoms with Crippen LogP contribution >= 0.6 is 11.8 Å². The van der Waals surface area contributed by atoms with E-state index in [9.17, 15) is 0 Å². The van der Waals surface area contributed by atoms with E-state index in [0.29, 0.717) is 11.7 Å². The molecule has 0 saturated heterocycles. The first-order valence-electron chi connectivity index (χ1n) is 2.40. The number of amidine groups is 1. The number of aliphatic hydroxyl groups excluding tert-OH is 1. The number of hydrogen-bond donors (Lipinski definition) is 2. The molecule has 0 aromatic heterocycles. The summed E-state index contributed by atoms with van der Waals surface area (Å²) >= 11 is 1.44. The molecule has 1 aliphatic heterocycles. The number of aliphatic imine (C=N–C) groups is 1. The van der Waals surface area contributed by atoms with Gasteiger partial charge in [-0.2, -0.15) is 0 Å². The molecule has 1 atom stereocenters. The molecule has 0 amide bonds. The van der Waals surface area contributed by atoms with Gasteiger partial charge in [0.25, 0.3) is 0 Å². The van der Waals surface area contributed by atoms with E-state index in [-0.39, 0.29) is 11.9 Å². The van der Waals surface area contributed by atoms with Gasteiger partial charge in [0.1, 0.15) is 0 Å². The van der Waals surface area contributed by atoms with E-state index in [1.54, 1.807) is 0 Å². The third-order valence-corrected chi connectivity index (χ3v) is 1.94. The van der Waals surface area contributed by atoms with E-state index in [4.69, 9.17) is 10.8 Å². The largest absolute Gasteiger partial charge is 0.395 e. The van der Waals surface area contributed by atoms with Crippen molar-refractivity contribution in [3.63, 3.8) is 0 Å². The minimum atomic E-state index is 0.175. The Labute approximate surface area is 52.0 Å². The molecule has 1 heterocycles. The van der Waals surface area contributed by atoms with Crippen LogP contribution in [0.5, 0.6) is 0 Å². The molecule has 3 nitrogen and oxygen atoms in total. The van der Waals surface area contributed by atoms with E-state index in [0.717, 1.165) is 0 Å². The van der Waals surface area contributed by atoms with Gasteiger partial charge in [0.15, 0.2) is 5.17 Å². The van der Waals surface area contributed by atoms with E-state index >= 15 is 0 Å². The second-order valence-electron chi connectivity index (χ2n) is 1.60. The summed E-state index contributed by atoms with van der Waals surface area (Å²) in [5, 5.41) is 9.35. The monoisotopic (exact) mass is 135 g/mol. The molecule has 0 radical (unpaired) electrons. The van der Waals surface area contributed by atoms with Crippen LogP contribution in [0.15, 0.2) is 4.99 Å². The Morgan fingerprint density at radius 3 is 3.00 bits per heavy atom. The SMILES string of the molecule is NC1=NCC(CO)[35S]1. The van der Waals surface area contributed by atoms with Gasteiger partial charge in [0.2, 0.25) is 0 Å². The van der Waals surface area contributed by atoms with Crippen LogP contribution in [0.2, 0.25) is 0 Å². The summed E-state index contributed by atoms with van der Waals surface area (Å²) in [6.07, 6.45) is 0. The van der Waals surface area contributed by atoms with Crippen LogP contribution in [0.1, 0.15) is 0 Å². The zero-order chi connectivity index (χ0) is 5.98. The Hall–Kier alpha value is -0.220. The summed E-state index contributed by atoms with van der Waals surface area (Å²) in [6, 6.07) is 0. The molecule has 46 valence electrons. The molecule has 0 aromatic carbocycles. The van der Waals surface area contributed by atoms with Gasteiger partial charge in [-0.05, 0) is 0 Å². The molecule has 1 rings (SSSR count). The Morgan fingerprint density at radius 2 is 2.75 bits per heavy atom. The van der Waals surface area contributed by atoms with Crippen molar-refractivity contribution in [2.45, 2.75) is 5.25 Å². The maximum atomic E-state index is 8.53. The molecular weight excluding hydrogens is 127 g/mol. The predicted octanol–water partition coefficient (Wildman–Crippen LogP) is -0.591. The highest BCUT2D eigenvalue weighted by atomic mass is 35.1. The Morgan fingerprint density at radius 1 is 2.00 bits per heavy atom. The Kier molecular flexibility index (Phi) is 1.75. The topological polar surface area (TPSA) is 58.6 Å². The van der Waals surface area contributed by atoms with E-state index < -0.39 is 0 Å². The quantitative estimate of drug-likeness (QED) is 0.505. The first kappa shape index (κ1) is 5.91. The maximum absolute atomic E-state index is 8.53. The van der Waals surface area contributed by atoms with Gasteiger partial charge in [-0.25, -0.2) is 0 Å². The number of thioether (sulfide) groups is 1. The molecule has 8 heavy (non-hydrogen) atoms. The first-order valence-corrected chi connectivity index (χ1v) is 3.28. The Balaban J connectivity index is 2.32. The van der Waals surface area contributed by atoms with Crippen LogP contribution in [-0.2, 0) is 0 Å². The lowest BCUT2D eigenvalue weighted by Gasteiger charge is -1.98. The van der Waals surface area contributed by atoms with E-state index in [2.05, 4.69) is 4.99 Å². The van der Waals surface area contributed by atoms with Gasteiger partial charge in [-0.3, -0.25) is 4.99 Å². The van der Waals surface area contributed by atoms with Crippen molar-refractivity contribution < 1.29 is 5.11 Å². The van der Waals surface area contributed by atoms with Gasteiger partial charge in [-0.1, -0.05) is 11.8 Å². The van der Waals surface area contributed by atoms with Crippen molar-refractivity contribution in [2.75, 3.05) is 13.2 Å². The minimum absolute atomic E-state index is 0.175. The van der Waals surface area contributed by atoms with Crippen LogP contribution in [-0.4, -0.2) is 28.7 Å². The summed E-state index contributed by atoms with van der Waals surface area (Å²) in [5.74, 6) is 0. The highest BCUT2D eigenvalue weighted by molar-refractivity contribution is 8.14. The molecule has 0 fully saturated rings. The van der Waals surface area contributed by atoms with Crippen molar-refractivity contribution in [3.05, 3.63) is 0 Å². The molecule has 0 bridgehead atoms. The van der Waals surface area contributed by atoms with E-state index in [1.807, 2.05) is 0 Å². The van der Waals surface area contributed by atoms with E-state index in [1.165, 1.54) is 11.8 Å². The number of nitrogens with two attached hydrogens (primary N) is 1. The lowest BCUT2D eigenvalue weighted by Crippen LogP contribution is -2.10. The van der Waals surface area contributed by atoms with Crippen LogP contribution in [0.25, 0.3) is 0 Å². The number of nitrogens with zero attached hydrogens (tertiary/aromatic N) is 1. The van der Waals surface area contributed by atoms with Crippen molar-refractivity contribution in [1.29, 1.82) is 0 Å². The van der Waals surface area contributed by atoms with Crippen LogP contribution in [0.4, 0.5) is 0 Å². The zero-order valence-corrected chi connectivity index (χ0v) is 5.19. The third-order valence-electron chi connectivity index (χ3n) is 0.942. The fraction of sp³-hybridized carbons (Fsp3) is 0.750. The lowest BCUT2D eigenvalue weighted by molar-refractivity contribution is 0.297. The highest BCUT2D eigenvalue weighted by Gasteiger charge is 2.15. The van der Waals surface area contributed by atoms with Crippen molar-refractivity contribution >= 4 is 16.9 Å². The summed E-state index contributed by atoms with van der Waals surface area (Å²) < 4.78 is 0. The zero-order valence-electron chi connectivity index (χ0n) is 4.37. The Bertz CT molecular complexity index is 115. The van der Waals surface area contributed by atoms with Crippen LogP contribution in [0, 0.1) is 0 Å². The molecule has 0 saturated carbocycles. The number of rotatable bonds is 1.